The lowest BCUT2D eigenvalue weighted by molar-refractivity contribution is -0.115. The van der Waals surface area contributed by atoms with Crippen molar-refractivity contribution in [2.24, 2.45) is 0 Å². The normalized spacial score (nSPS) is 12.2. The van der Waals surface area contributed by atoms with Crippen LogP contribution in [0.25, 0.3) is 11.3 Å². The minimum Gasteiger partial charge on any atom is -0.278 e. The Labute approximate surface area is 200 Å². The molecule has 7 heteroatoms. The number of benzene rings is 3. The second-order valence-corrected chi connectivity index (χ2v) is 9.70. The number of aryl methyl sites for hydroxylation is 1. The molecule has 1 aromatic heterocycles. The van der Waals surface area contributed by atoms with Gasteiger partial charge in [0.15, 0.2) is 5.16 Å². The van der Waals surface area contributed by atoms with Gasteiger partial charge in [-0.25, -0.2) is 9.97 Å². The first-order valence-corrected chi connectivity index (χ1v) is 12.2. The van der Waals surface area contributed by atoms with Crippen molar-refractivity contribution in [1.82, 2.24) is 9.97 Å². The number of halogens is 1. The number of amides is 1. The molecule has 1 aliphatic rings. The summed E-state index contributed by atoms with van der Waals surface area (Å²) in [4.78, 5) is 26.6. The van der Waals surface area contributed by atoms with Crippen LogP contribution in [0.3, 0.4) is 0 Å². The molecule has 0 aliphatic carbocycles. The zero-order valence-corrected chi connectivity index (χ0v) is 19.5. The van der Waals surface area contributed by atoms with E-state index in [0.29, 0.717) is 10.2 Å². The molecule has 32 heavy (non-hydrogen) atoms. The van der Waals surface area contributed by atoms with Gasteiger partial charge in [-0.3, -0.25) is 9.69 Å². The lowest BCUT2D eigenvalue weighted by Gasteiger charge is -2.30. The molecule has 0 atom stereocenters. The van der Waals surface area contributed by atoms with Gasteiger partial charge in [-0.2, -0.15) is 0 Å². The van der Waals surface area contributed by atoms with Crippen LogP contribution in [-0.2, 0) is 4.79 Å². The molecule has 0 bridgehead atoms. The summed E-state index contributed by atoms with van der Waals surface area (Å²) in [6, 6.07) is 25.5. The maximum absolute atomic E-state index is 13.4. The highest BCUT2D eigenvalue weighted by atomic mass is 35.5. The van der Waals surface area contributed by atoms with Gasteiger partial charge in [0, 0.05) is 26.1 Å². The smallest absolute Gasteiger partial charge is 0.242 e. The van der Waals surface area contributed by atoms with E-state index >= 15 is 0 Å². The highest BCUT2D eigenvalue weighted by Crippen LogP contribution is 2.48. The third-order valence-corrected chi connectivity index (χ3v) is 7.19. The van der Waals surface area contributed by atoms with Gasteiger partial charge in [0.1, 0.15) is 0 Å². The van der Waals surface area contributed by atoms with Crippen LogP contribution in [0.15, 0.2) is 93.8 Å². The lowest BCUT2D eigenvalue weighted by atomic mass is 10.1. The number of para-hydroxylation sites is 2. The third-order valence-electron chi connectivity index (χ3n) is 4.98. The molecule has 0 radical (unpaired) electrons. The Bertz CT molecular complexity index is 1270. The van der Waals surface area contributed by atoms with Gasteiger partial charge in [-0.15, -0.1) is 0 Å². The Balaban J connectivity index is 1.41. The first kappa shape index (κ1) is 21.1. The van der Waals surface area contributed by atoms with Gasteiger partial charge in [0.2, 0.25) is 5.91 Å². The maximum atomic E-state index is 13.4. The highest BCUT2D eigenvalue weighted by molar-refractivity contribution is 8.00. The predicted octanol–water partition coefficient (Wildman–Crippen LogP) is 7.03. The first-order valence-electron chi connectivity index (χ1n) is 10.0. The fourth-order valence-corrected chi connectivity index (χ4v) is 5.48. The van der Waals surface area contributed by atoms with Crippen LogP contribution >= 0.6 is 35.1 Å². The van der Waals surface area contributed by atoms with Crippen LogP contribution < -0.4 is 4.90 Å². The van der Waals surface area contributed by atoms with E-state index in [1.54, 1.807) is 11.8 Å². The summed E-state index contributed by atoms with van der Waals surface area (Å²) in [5.74, 6) is 0.227. The van der Waals surface area contributed by atoms with E-state index in [9.17, 15) is 4.79 Å². The summed E-state index contributed by atoms with van der Waals surface area (Å²) in [7, 11) is 0. The van der Waals surface area contributed by atoms with Crippen molar-refractivity contribution in [3.05, 3.63) is 89.6 Å². The fourth-order valence-electron chi connectivity index (χ4n) is 3.54. The van der Waals surface area contributed by atoms with Gasteiger partial charge in [0.25, 0.3) is 0 Å². The molecule has 4 nitrogen and oxygen atoms in total. The molecule has 0 unspecified atom stereocenters. The van der Waals surface area contributed by atoms with Crippen LogP contribution in [0.1, 0.15) is 5.69 Å². The van der Waals surface area contributed by atoms with Crippen LogP contribution in [0.5, 0.6) is 0 Å². The number of thioether (sulfide) groups is 1. The molecule has 3 aromatic carbocycles. The van der Waals surface area contributed by atoms with E-state index in [4.69, 9.17) is 11.6 Å². The topological polar surface area (TPSA) is 46.1 Å². The summed E-state index contributed by atoms with van der Waals surface area (Å²) >= 11 is 9.05. The number of aromatic nitrogens is 2. The van der Waals surface area contributed by atoms with Gasteiger partial charge in [-0.1, -0.05) is 71.5 Å². The molecule has 1 aliphatic heterocycles. The Hall–Kier alpha value is -2.80. The van der Waals surface area contributed by atoms with Gasteiger partial charge in [0.05, 0.1) is 22.8 Å². The van der Waals surface area contributed by atoms with E-state index in [0.717, 1.165) is 38.1 Å². The predicted molar refractivity (Wildman–Crippen MR) is 132 cm³/mol. The number of carbonyl (C=O) groups excluding carboxylic acids is 1. The zero-order valence-electron chi connectivity index (χ0n) is 17.2. The van der Waals surface area contributed by atoms with E-state index in [-0.39, 0.29) is 11.7 Å². The monoisotopic (exact) mass is 475 g/mol. The molecule has 5 rings (SSSR count). The molecule has 0 spiro atoms. The van der Waals surface area contributed by atoms with Gasteiger partial charge in [-0.05, 0) is 49.4 Å². The Morgan fingerprint density at radius 3 is 2.22 bits per heavy atom. The van der Waals surface area contributed by atoms with Crippen LogP contribution in [0.2, 0.25) is 5.02 Å². The quantitative estimate of drug-likeness (QED) is 0.234. The Morgan fingerprint density at radius 2 is 1.56 bits per heavy atom. The molecule has 2 heterocycles. The molecular weight excluding hydrogens is 458 g/mol. The maximum Gasteiger partial charge on any atom is 0.242 e. The number of nitrogens with zero attached hydrogens (tertiary/aromatic N) is 3. The largest absolute Gasteiger partial charge is 0.278 e. The zero-order chi connectivity index (χ0) is 22.1. The Kier molecular flexibility index (Phi) is 5.91. The third kappa shape index (κ3) is 4.26. The summed E-state index contributed by atoms with van der Waals surface area (Å²) in [6.45, 7) is 1.93. The van der Waals surface area contributed by atoms with Gasteiger partial charge < -0.3 is 0 Å². The molecule has 1 amide bonds. The van der Waals surface area contributed by atoms with E-state index in [1.807, 2.05) is 90.7 Å². The highest BCUT2D eigenvalue weighted by Gasteiger charge is 2.27. The summed E-state index contributed by atoms with van der Waals surface area (Å²) in [5, 5.41) is 1.26. The molecule has 4 aromatic rings. The van der Waals surface area contributed by atoms with Gasteiger partial charge >= 0.3 is 0 Å². The van der Waals surface area contributed by atoms with Crippen molar-refractivity contribution in [2.45, 2.75) is 21.9 Å². The fraction of sp³-hybridized carbons (Fsp3) is 0.0800. The number of anilines is 2. The van der Waals surface area contributed by atoms with Crippen LogP contribution in [-0.4, -0.2) is 21.6 Å². The standard InChI is InChI=1S/C25H18ClN3OS2/c1-16-14-19(17-10-12-18(26)13-11-17)28-25(27-16)31-15-24(30)29-20-6-2-4-8-22(20)32-23-9-5-3-7-21(23)29/h2-14H,15H2,1H3. The molecule has 0 saturated heterocycles. The summed E-state index contributed by atoms with van der Waals surface area (Å²) < 4.78 is 0. The molecular formula is C25H18ClN3OS2. The second-order valence-electron chi connectivity index (χ2n) is 7.24. The number of fused-ring (bicyclic) bond motifs is 2. The first-order chi connectivity index (χ1) is 15.6. The number of hydrogen-bond acceptors (Lipinski definition) is 5. The van der Waals surface area contributed by atoms with E-state index < -0.39 is 0 Å². The van der Waals surface area contributed by atoms with Crippen molar-refractivity contribution in [2.75, 3.05) is 10.7 Å². The molecule has 158 valence electrons. The van der Waals surface area contributed by atoms with Crippen molar-refractivity contribution in [3.8, 4) is 11.3 Å². The Morgan fingerprint density at radius 1 is 0.938 bits per heavy atom. The SMILES string of the molecule is Cc1cc(-c2ccc(Cl)cc2)nc(SCC(=O)N2c3ccccc3Sc3ccccc32)n1. The van der Waals surface area contributed by atoms with Crippen molar-refractivity contribution in [1.29, 1.82) is 0 Å². The average molecular weight is 476 g/mol. The molecule has 0 fully saturated rings. The van der Waals surface area contributed by atoms with Crippen LogP contribution in [0.4, 0.5) is 11.4 Å². The number of rotatable bonds is 4. The number of hydrogen-bond donors (Lipinski definition) is 0. The van der Waals surface area contributed by atoms with Crippen LogP contribution in [0, 0.1) is 6.92 Å². The van der Waals surface area contributed by atoms with E-state index in [2.05, 4.69) is 9.97 Å². The minimum atomic E-state index is -0.00616. The van der Waals surface area contributed by atoms with Crippen molar-refractivity contribution >= 4 is 52.4 Å². The van der Waals surface area contributed by atoms with Crippen molar-refractivity contribution in [3.63, 3.8) is 0 Å². The average Bonchev–Trinajstić information content (AvgIpc) is 2.81. The lowest BCUT2D eigenvalue weighted by Crippen LogP contribution is -2.30. The number of carbonyl (C=O) groups is 1. The van der Waals surface area contributed by atoms with Crippen molar-refractivity contribution < 1.29 is 4.79 Å². The second kappa shape index (κ2) is 8.98. The van der Waals surface area contributed by atoms with E-state index in [1.165, 1.54) is 11.8 Å². The molecule has 0 N–H and O–H groups in total. The summed E-state index contributed by atoms with van der Waals surface area (Å²) in [6.07, 6.45) is 0. The molecule has 0 saturated carbocycles. The minimum absolute atomic E-state index is 0.00616. The summed E-state index contributed by atoms with van der Waals surface area (Å²) in [5.41, 5.74) is 4.45.